The van der Waals surface area contributed by atoms with Crippen molar-refractivity contribution in [2.24, 2.45) is 5.73 Å². The first-order valence-corrected chi connectivity index (χ1v) is 3.00. The lowest BCUT2D eigenvalue weighted by Crippen LogP contribution is -2.49. The van der Waals surface area contributed by atoms with Crippen molar-refractivity contribution in [3.63, 3.8) is 0 Å². The number of hydrogen-bond donors (Lipinski definition) is 1. The molecule has 4 heteroatoms. The van der Waals surface area contributed by atoms with Gasteiger partial charge in [0.25, 0.3) is 0 Å². The van der Waals surface area contributed by atoms with E-state index in [1.807, 2.05) is 6.07 Å². The first-order valence-electron chi connectivity index (χ1n) is 3.00. The second kappa shape index (κ2) is 3.18. The van der Waals surface area contributed by atoms with Crippen LogP contribution in [0.5, 0.6) is 0 Å². The minimum atomic E-state index is -0.407. The Labute approximate surface area is 60.4 Å². The SMILES string of the molecule is C[N+](C)(CCC#N)C(N)=O. The molecule has 0 aliphatic carbocycles. The van der Waals surface area contributed by atoms with Gasteiger partial charge < -0.3 is 5.73 Å². The van der Waals surface area contributed by atoms with Gasteiger partial charge in [-0.1, -0.05) is 0 Å². The van der Waals surface area contributed by atoms with E-state index < -0.39 is 6.03 Å². The van der Waals surface area contributed by atoms with Gasteiger partial charge in [-0.15, -0.1) is 0 Å². The van der Waals surface area contributed by atoms with Crippen molar-refractivity contribution in [3.8, 4) is 6.07 Å². The number of quaternary nitrogens is 1. The average molecular weight is 142 g/mol. The Morgan fingerprint density at radius 3 is 2.50 bits per heavy atom. The molecule has 0 rings (SSSR count). The third-order valence-electron chi connectivity index (χ3n) is 1.38. The molecule has 56 valence electrons. The summed E-state index contributed by atoms with van der Waals surface area (Å²) in [7, 11) is 3.36. The van der Waals surface area contributed by atoms with Crippen molar-refractivity contribution >= 4 is 6.03 Å². The summed E-state index contributed by atoms with van der Waals surface area (Å²) in [5, 5.41) is 8.20. The number of primary amides is 1. The van der Waals surface area contributed by atoms with Crippen LogP contribution in [0.4, 0.5) is 4.79 Å². The molecule has 0 spiro atoms. The number of carbonyl (C=O) groups excluding carboxylic acids is 1. The zero-order valence-corrected chi connectivity index (χ0v) is 6.29. The number of hydrogen-bond acceptors (Lipinski definition) is 2. The summed E-state index contributed by atoms with van der Waals surface area (Å²) in [6.45, 7) is 0.478. The van der Waals surface area contributed by atoms with E-state index in [1.165, 1.54) is 0 Å². The van der Waals surface area contributed by atoms with Crippen LogP contribution in [-0.2, 0) is 0 Å². The minimum Gasteiger partial charge on any atom is -0.319 e. The first-order chi connectivity index (χ1) is 4.50. The summed E-state index contributed by atoms with van der Waals surface area (Å²) >= 11 is 0. The molecule has 2 N–H and O–H groups in total. The standard InChI is InChI=1S/C6H11N3O/c1-9(2,6(8)10)5-3-4-7/h3,5H2,1-2H3,(H-,8,10)/p+1. The van der Waals surface area contributed by atoms with Crippen LogP contribution in [-0.4, -0.2) is 31.2 Å². The zero-order chi connectivity index (χ0) is 8.20. The van der Waals surface area contributed by atoms with E-state index in [0.717, 1.165) is 0 Å². The van der Waals surface area contributed by atoms with Gasteiger partial charge in [-0.05, 0) is 0 Å². The third kappa shape index (κ3) is 2.46. The van der Waals surface area contributed by atoms with Crippen molar-refractivity contribution in [1.29, 1.82) is 5.26 Å². The number of nitriles is 1. The van der Waals surface area contributed by atoms with Crippen LogP contribution in [0, 0.1) is 11.3 Å². The first kappa shape index (κ1) is 8.92. The van der Waals surface area contributed by atoms with Gasteiger partial charge in [-0.3, -0.25) is 0 Å². The summed E-state index contributed by atoms with van der Waals surface area (Å²) in [4.78, 5) is 10.6. The van der Waals surface area contributed by atoms with E-state index in [-0.39, 0.29) is 4.48 Å². The van der Waals surface area contributed by atoms with Gasteiger partial charge in [0.1, 0.15) is 0 Å². The lowest BCUT2D eigenvalue weighted by molar-refractivity contribution is -0.807. The molecule has 0 unspecified atom stereocenters. The largest absolute Gasteiger partial charge is 0.413 e. The van der Waals surface area contributed by atoms with E-state index in [0.29, 0.717) is 13.0 Å². The van der Waals surface area contributed by atoms with Crippen molar-refractivity contribution in [1.82, 2.24) is 0 Å². The Kier molecular flexibility index (Phi) is 2.84. The molecule has 0 aliphatic rings. The summed E-state index contributed by atoms with van der Waals surface area (Å²) in [5.74, 6) is 0. The zero-order valence-electron chi connectivity index (χ0n) is 6.29. The van der Waals surface area contributed by atoms with Crippen LogP contribution < -0.4 is 5.73 Å². The number of carbonyl (C=O) groups is 1. The predicted octanol–water partition coefficient (Wildman–Crippen LogP) is 0.0552. The van der Waals surface area contributed by atoms with E-state index in [9.17, 15) is 4.79 Å². The molecular formula is C6H12N3O+. The smallest absolute Gasteiger partial charge is 0.319 e. The molecule has 0 fully saturated rings. The lowest BCUT2D eigenvalue weighted by Gasteiger charge is -2.22. The fourth-order valence-electron chi connectivity index (χ4n) is 0.440. The molecule has 0 saturated heterocycles. The fraction of sp³-hybridized carbons (Fsp3) is 0.667. The van der Waals surface area contributed by atoms with Crippen molar-refractivity contribution < 1.29 is 9.28 Å². The molecule has 4 nitrogen and oxygen atoms in total. The molecule has 10 heavy (non-hydrogen) atoms. The van der Waals surface area contributed by atoms with E-state index >= 15 is 0 Å². The third-order valence-corrected chi connectivity index (χ3v) is 1.38. The highest BCUT2D eigenvalue weighted by Gasteiger charge is 2.21. The second-order valence-electron chi connectivity index (χ2n) is 2.65. The number of nitrogens with zero attached hydrogens (tertiary/aromatic N) is 2. The van der Waals surface area contributed by atoms with Gasteiger partial charge in [0, 0.05) is 0 Å². The summed E-state index contributed by atoms with van der Waals surface area (Å²) in [6, 6.07) is 1.55. The quantitative estimate of drug-likeness (QED) is 0.554. The Morgan fingerprint density at radius 2 is 2.20 bits per heavy atom. The van der Waals surface area contributed by atoms with Gasteiger partial charge in [0.2, 0.25) is 0 Å². The van der Waals surface area contributed by atoms with Crippen LogP contribution in [0.1, 0.15) is 6.42 Å². The van der Waals surface area contributed by atoms with Crippen LogP contribution in [0.2, 0.25) is 0 Å². The van der Waals surface area contributed by atoms with Gasteiger partial charge >= 0.3 is 6.03 Å². The molecule has 0 aromatic rings. The number of urea groups is 1. The average Bonchev–Trinajstić information content (AvgIpc) is 1.84. The molecular weight excluding hydrogens is 130 g/mol. The number of nitrogens with two attached hydrogens (primary N) is 1. The Hall–Kier alpha value is -1.08. The van der Waals surface area contributed by atoms with Gasteiger partial charge in [0.15, 0.2) is 0 Å². The van der Waals surface area contributed by atoms with E-state index in [4.69, 9.17) is 11.0 Å². The van der Waals surface area contributed by atoms with E-state index in [1.54, 1.807) is 14.1 Å². The molecule has 0 aromatic carbocycles. The maximum atomic E-state index is 10.6. The Bertz CT molecular complexity index is 168. The van der Waals surface area contributed by atoms with Gasteiger partial charge in [0.05, 0.1) is 33.1 Å². The predicted molar refractivity (Wildman–Crippen MR) is 36.8 cm³/mol. The maximum absolute atomic E-state index is 10.6. The Morgan fingerprint density at radius 1 is 1.70 bits per heavy atom. The molecule has 0 bridgehead atoms. The topological polar surface area (TPSA) is 66.9 Å². The fourth-order valence-corrected chi connectivity index (χ4v) is 0.440. The van der Waals surface area contributed by atoms with Crippen LogP contribution in [0.25, 0.3) is 0 Å². The van der Waals surface area contributed by atoms with Crippen LogP contribution in [0.15, 0.2) is 0 Å². The van der Waals surface area contributed by atoms with Crippen LogP contribution >= 0.6 is 0 Å². The van der Waals surface area contributed by atoms with Gasteiger partial charge in [-0.25, -0.2) is 9.28 Å². The molecule has 0 saturated carbocycles. The summed E-state index contributed by atoms with van der Waals surface area (Å²) < 4.78 is 0.0769. The molecule has 0 atom stereocenters. The highest BCUT2D eigenvalue weighted by molar-refractivity contribution is 5.63. The molecule has 0 heterocycles. The minimum absolute atomic E-state index is 0.0769. The second-order valence-corrected chi connectivity index (χ2v) is 2.65. The van der Waals surface area contributed by atoms with E-state index in [2.05, 4.69) is 0 Å². The van der Waals surface area contributed by atoms with Crippen LogP contribution in [0.3, 0.4) is 0 Å². The summed E-state index contributed by atoms with van der Waals surface area (Å²) in [5.41, 5.74) is 5.03. The molecule has 0 radical (unpaired) electrons. The molecule has 2 amide bonds. The normalized spacial score (nSPS) is 10.5. The lowest BCUT2D eigenvalue weighted by atomic mass is 10.4. The van der Waals surface area contributed by atoms with Crippen molar-refractivity contribution in [2.45, 2.75) is 6.42 Å². The highest BCUT2D eigenvalue weighted by Crippen LogP contribution is 1.96. The van der Waals surface area contributed by atoms with Crippen molar-refractivity contribution in [2.75, 3.05) is 20.6 Å². The highest BCUT2D eigenvalue weighted by atomic mass is 16.2. The Balaban J connectivity index is 3.90. The molecule has 0 aliphatic heterocycles. The maximum Gasteiger partial charge on any atom is 0.413 e. The number of amides is 2. The number of rotatable bonds is 2. The monoisotopic (exact) mass is 142 g/mol. The molecule has 0 aromatic heterocycles. The summed E-state index contributed by atoms with van der Waals surface area (Å²) in [6.07, 6.45) is 0.357. The van der Waals surface area contributed by atoms with Crippen molar-refractivity contribution in [3.05, 3.63) is 0 Å². The van der Waals surface area contributed by atoms with Gasteiger partial charge in [-0.2, -0.15) is 5.26 Å².